The summed E-state index contributed by atoms with van der Waals surface area (Å²) >= 11 is 0. The van der Waals surface area contributed by atoms with Crippen LogP contribution < -0.4 is 5.73 Å². The second-order valence-corrected chi connectivity index (χ2v) is 5.28. The maximum absolute atomic E-state index is 12.4. The quantitative estimate of drug-likeness (QED) is 0.880. The first kappa shape index (κ1) is 13.8. The van der Waals surface area contributed by atoms with Crippen LogP contribution in [-0.4, -0.2) is 38.9 Å². The first-order valence-corrected chi connectivity index (χ1v) is 7.20. The molecule has 1 aromatic heterocycles. The van der Waals surface area contributed by atoms with Gasteiger partial charge in [-0.1, -0.05) is 29.5 Å². The summed E-state index contributed by atoms with van der Waals surface area (Å²) in [6, 6.07) is 8.28. The van der Waals surface area contributed by atoms with E-state index >= 15 is 0 Å². The average Bonchev–Trinajstić information content (AvgIpc) is 2.94. The summed E-state index contributed by atoms with van der Waals surface area (Å²) in [7, 11) is 0. The van der Waals surface area contributed by atoms with Gasteiger partial charge >= 0.3 is 0 Å². The molecule has 2 aromatic rings. The predicted octanol–water partition coefficient (Wildman–Crippen LogP) is 0.364. The maximum Gasteiger partial charge on any atom is 0.244 e. The summed E-state index contributed by atoms with van der Waals surface area (Å²) in [6.45, 7) is 2.22. The lowest BCUT2D eigenvalue weighted by atomic mass is 10.00. The van der Waals surface area contributed by atoms with Crippen LogP contribution >= 0.6 is 0 Å². The molecule has 2 heterocycles. The fourth-order valence-corrected chi connectivity index (χ4v) is 2.63. The van der Waals surface area contributed by atoms with Crippen LogP contribution in [-0.2, 0) is 30.7 Å². The minimum Gasteiger partial charge on any atom is -0.336 e. The third-order valence-corrected chi connectivity index (χ3v) is 3.77. The Kier molecular flexibility index (Phi) is 3.96. The highest BCUT2D eigenvalue weighted by molar-refractivity contribution is 5.76. The first-order valence-electron chi connectivity index (χ1n) is 7.20. The molecule has 1 aliphatic rings. The summed E-state index contributed by atoms with van der Waals surface area (Å²) in [5.74, 6) is 0.0775. The molecule has 3 rings (SSSR count). The van der Waals surface area contributed by atoms with Gasteiger partial charge in [0.1, 0.15) is 6.54 Å². The highest BCUT2D eigenvalue weighted by Crippen LogP contribution is 2.18. The number of amides is 1. The van der Waals surface area contributed by atoms with Crippen molar-refractivity contribution < 1.29 is 4.79 Å². The zero-order chi connectivity index (χ0) is 14.7. The third-order valence-electron chi connectivity index (χ3n) is 3.77. The molecule has 6 nitrogen and oxygen atoms in total. The Labute approximate surface area is 123 Å². The van der Waals surface area contributed by atoms with Crippen molar-refractivity contribution in [2.24, 2.45) is 5.73 Å². The van der Waals surface area contributed by atoms with E-state index in [1.807, 2.05) is 17.0 Å². The van der Waals surface area contributed by atoms with Gasteiger partial charge in [-0.15, -0.1) is 5.10 Å². The van der Waals surface area contributed by atoms with E-state index in [0.29, 0.717) is 19.5 Å². The first-order chi connectivity index (χ1) is 10.3. The van der Waals surface area contributed by atoms with Gasteiger partial charge in [0, 0.05) is 25.7 Å². The van der Waals surface area contributed by atoms with Crippen molar-refractivity contribution in [2.75, 3.05) is 13.1 Å². The molecule has 21 heavy (non-hydrogen) atoms. The van der Waals surface area contributed by atoms with Gasteiger partial charge in [0.15, 0.2) is 0 Å². The molecule has 1 aromatic carbocycles. The Bertz CT molecular complexity index is 636. The lowest BCUT2D eigenvalue weighted by Crippen LogP contribution is -2.38. The van der Waals surface area contributed by atoms with E-state index in [-0.39, 0.29) is 12.5 Å². The molecule has 0 radical (unpaired) electrons. The van der Waals surface area contributed by atoms with E-state index in [4.69, 9.17) is 5.73 Å². The van der Waals surface area contributed by atoms with Crippen LogP contribution in [0.5, 0.6) is 0 Å². The van der Waals surface area contributed by atoms with E-state index in [0.717, 1.165) is 18.7 Å². The molecular formula is C15H19N5O. The van der Waals surface area contributed by atoms with E-state index in [1.165, 1.54) is 11.1 Å². The average molecular weight is 285 g/mol. The molecule has 0 spiro atoms. The molecule has 0 atom stereocenters. The zero-order valence-electron chi connectivity index (χ0n) is 11.9. The molecule has 0 bridgehead atoms. The normalized spacial score (nSPS) is 14.0. The second-order valence-electron chi connectivity index (χ2n) is 5.28. The van der Waals surface area contributed by atoms with E-state index in [9.17, 15) is 4.79 Å². The van der Waals surface area contributed by atoms with Crippen molar-refractivity contribution in [3.05, 3.63) is 47.3 Å². The Morgan fingerprint density at radius 2 is 2.10 bits per heavy atom. The molecule has 0 saturated carbocycles. The van der Waals surface area contributed by atoms with Crippen LogP contribution in [0.1, 0.15) is 16.8 Å². The van der Waals surface area contributed by atoms with Crippen LogP contribution in [0.3, 0.4) is 0 Å². The number of fused-ring (bicyclic) bond motifs is 1. The Hall–Kier alpha value is -2.21. The lowest BCUT2D eigenvalue weighted by Gasteiger charge is -2.28. The van der Waals surface area contributed by atoms with Crippen molar-refractivity contribution in [3.63, 3.8) is 0 Å². The predicted molar refractivity (Wildman–Crippen MR) is 78.3 cm³/mol. The molecule has 0 saturated heterocycles. The highest BCUT2D eigenvalue weighted by Gasteiger charge is 2.20. The standard InChI is InChI=1S/C15H19N5O/c16-7-5-14-10-20(18-17-14)11-15(21)19-8-6-12-3-1-2-4-13(12)9-19/h1-4,10H,5-9,11,16H2. The third kappa shape index (κ3) is 3.11. The number of hydrogen-bond acceptors (Lipinski definition) is 4. The van der Waals surface area contributed by atoms with E-state index < -0.39 is 0 Å². The van der Waals surface area contributed by atoms with Gasteiger partial charge in [-0.05, 0) is 24.1 Å². The molecule has 2 N–H and O–H groups in total. The smallest absolute Gasteiger partial charge is 0.244 e. The van der Waals surface area contributed by atoms with Crippen LogP contribution in [0.2, 0.25) is 0 Å². The van der Waals surface area contributed by atoms with Gasteiger partial charge in [0.2, 0.25) is 5.91 Å². The Morgan fingerprint density at radius 3 is 2.90 bits per heavy atom. The van der Waals surface area contributed by atoms with Crippen LogP contribution in [0.4, 0.5) is 0 Å². The summed E-state index contributed by atoms with van der Waals surface area (Å²) in [5, 5.41) is 7.98. The summed E-state index contributed by atoms with van der Waals surface area (Å²) in [6.07, 6.45) is 3.39. The van der Waals surface area contributed by atoms with Crippen molar-refractivity contribution in [1.82, 2.24) is 19.9 Å². The van der Waals surface area contributed by atoms with Gasteiger partial charge in [-0.25, -0.2) is 4.68 Å². The monoisotopic (exact) mass is 285 g/mol. The molecule has 110 valence electrons. The minimum absolute atomic E-state index is 0.0775. The molecule has 0 unspecified atom stereocenters. The van der Waals surface area contributed by atoms with Crippen LogP contribution in [0, 0.1) is 0 Å². The number of benzene rings is 1. The van der Waals surface area contributed by atoms with E-state index in [1.54, 1.807) is 10.9 Å². The Morgan fingerprint density at radius 1 is 1.29 bits per heavy atom. The number of hydrogen-bond donors (Lipinski definition) is 1. The molecule has 0 fully saturated rings. The summed E-state index contributed by atoms with van der Waals surface area (Å²) in [5.41, 5.74) is 8.89. The number of carbonyl (C=O) groups is 1. The number of aromatic nitrogens is 3. The van der Waals surface area contributed by atoms with Gasteiger partial charge in [-0.3, -0.25) is 4.79 Å². The molecular weight excluding hydrogens is 266 g/mol. The SMILES string of the molecule is NCCc1cn(CC(=O)N2CCc3ccccc3C2)nn1. The van der Waals surface area contributed by atoms with E-state index in [2.05, 4.69) is 22.4 Å². The number of nitrogens with zero attached hydrogens (tertiary/aromatic N) is 4. The van der Waals surface area contributed by atoms with Crippen molar-refractivity contribution in [1.29, 1.82) is 0 Å². The summed E-state index contributed by atoms with van der Waals surface area (Å²) < 4.78 is 1.59. The van der Waals surface area contributed by atoms with Gasteiger partial charge in [0.25, 0.3) is 0 Å². The minimum atomic E-state index is 0.0775. The molecule has 1 aliphatic heterocycles. The fourth-order valence-electron chi connectivity index (χ4n) is 2.63. The lowest BCUT2D eigenvalue weighted by molar-refractivity contribution is -0.133. The maximum atomic E-state index is 12.4. The largest absolute Gasteiger partial charge is 0.336 e. The van der Waals surface area contributed by atoms with Crippen molar-refractivity contribution in [3.8, 4) is 0 Å². The fraction of sp³-hybridized carbons (Fsp3) is 0.400. The molecule has 1 amide bonds. The highest BCUT2D eigenvalue weighted by atomic mass is 16.2. The van der Waals surface area contributed by atoms with Crippen molar-refractivity contribution in [2.45, 2.75) is 25.9 Å². The second kappa shape index (κ2) is 6.05. The van der Waals surface area contributed by atoms with Crippen LogP contribution in [0.15, 0.2) is 30.5 Å². The van der Waals surface area contributed by atoms with Crippen LogP contribution in [0.25, 0.3) is 0 Å². The Balaban J connectivity index is 1.63. The zero-order valence-corrected chi connectivity index (χ0v) is 11.9. The van der Waals surface area contributed by atoms with Gasteiger partial charge in [0.05, 0.1) is 5.69 Å². The number of carbonyl (C=O) groups excluding carboxylic acids is 1. The molecule has 0 aliphatic carbocycles. The summed E-state index contributed by atoms with van der Waals surface area (Å²) in [4.78, 5) is 14.2. The topological polar surface area (TPSA) is 77.0 Å². The number of rotatable bonds is 4. The molecule has 6 heteroatoms. The number of nitrogens with two attached hydrogens (primary N) is 1. The van der Waals surface area contributed by atoms with Crippen molar-refractivity contribution >= 4 is 5.91 Å². The van der Waals surface area contributed by atoms with Gasteiger partial charge in [-0.2, -0.15) is 0 Å². The van der Waals surface area contributed by atoms with Gasteiger partial charge < -0.3 is 10.6 Å².